The molecule has 0 aliphatic carbocycles. The minimum atomic E-state index is -5.31. The Kier molecular flexibility index (Phi) is 8.75. The van der Waals surface area contributed by atoms with Crippen LogP contribution in [0.4, 0.5) is 17.1 Å². The first-order chi connectivity index (χ1) is 21.0. The molecule has 4 rings (SSSR count). The highest BCUT2D eigenvalue weighted by Gasteiger charge is 2.26. The molecule has 0 aromatic heterocycles. The average molecular weight is 716 g/mol. The largest absolute Gasteiger partial charge is 0.399 e. The number of nitrogens with one attached hydrogen (secondary N) is 2. The number of hydrogen-bond acceptors (Lipinski definition) is 11. The van der Waals surface area contributed by atoms with Crippen molar-refractivity contribution in [3.8, 4) is 0 Å². The van der Waals surface area contributed by atoms with Gasteiger partial charge in [-0.1, -0.05) is 6.07 Å². The van der Waals surface area contributed by atoms with Gasteiger partial charge in [-0.05, 0) is 72.5 Å². The van der Waals surface area contributed by atoms with Crippen molar-refractivity contribution in [2.45, 2.75) is 26.5 Å². The normalized spacial score (nSPS) is 12.5. The Morgan fingerprint density at radius 2 is 1.15 bits per heavy atom. The number of amides is 2. The summed E-state index contributed by atoms with van der Waals surface area (Å²) in [4.78, 5) is 22.3. The molecule has 0 fully saturated rings. The minimum absolute atomic E-state index is 0.0521. The van der Waals surface area contributed by atoms with Crippen LogP contribution in [0.25, 0.3) is 10.8 Å². The lowest BCUT2D eigenvalue weighted by Crippen LogP contribution is -2.18. The lowest BCUT2D eigenvalue weighted by Gasteiger charge is -2.15. The van der Waals surface area contributed by atoms with E-state index in [2.05, 4.69) is 10.6 Å². The maximum atomic E-state index is 13.3. The third-order valence-electron chi connectivity index (χ3n) is 6.36. The van der Waals surface area contributed by atoms with Crippen LogP contribution in [-0.2, 0) is 40.5 Å². The number of carbonyl (C=O) groups is 2. The fraction of sp³-hybridized carbons (Fsp3) is 0.0400. The molecular formula is C25H21N3O14S4. The first-order valence-electron chi connectivity index (χ1n) is 12.1. The van der Waals surface area contributed by atoms with Gasteiger partial charge in [0, 0.05) is 22.3 Å². The van der Waals surface area contributed by atoms with Crippen LogP contribution in [0, 0.1) is 6.92 Å². The summed E-state index contributed by atoms with van der Waals surface area (Å²) in [6.45, 7) is 1.50. The van der Waals surface area contributed by atoms with Crippen molar-refractivity contribution in [1.29, 1.82) is 0 Å². The lowest BCUT2D eigenvalue weighted by molar-refractivity contribution is 0.101. The molecule has 0 atom stereocenters. The number of carbonyl (C=O) groups excluding carboxylic acids is 2. The van der Waals surface area contributed by atoms with Crippen LogP contribution in [0.3, 0.4) is 0 Å². The van der Waals surface area contributed by atoms with Gasteiger partial charge in [0.1, 0.15) is 9.79 Å². The molecule has 21 heteroatoms. The SMILES string of the molecule is Cc1ccc(C(=O)Nc2cc(S(=O)(=O)O)cc3cc(S(=O)(=O)O)cc(S(=O)(=O)O)c23)cc1NC(=O)c1ccc(N)cc1S(=O)(=O)O. The molecule has 46 heavy (non-hydrogen) atoms. The van der Waals surface area contributed by atoms with E-state index in [4.69, 9.17) is 5.73 Å². The zero-order valence-electron chi connectivity index (χ0n) is 22.9. The minimum Gasteiger partial charge on any atom is -0.399 e. The van der Waals surface area contributed by atoms with Crippen molar-refractivity contribution in [2.75, 3.05) is 16.4 Å². The maximum Gasteiger partial charge on any atom is 0.295 e. The fourth-order valence-electron chi connectivity index (χ4n) is 4.24. The van der Waals surface area contributed by atoms with Gasteiger partial charge in [0.05, 0.1) is 21.0 Å². The van der Waals surface area contributed by atoms with Crippen LogP contribution in [-0.4, -0.2) is 63.7 Å². The van der Waals surface area contributed by atoms with Gasteiger partial charge in [0.15, 0.2) is 0 Å². The van der Waals surface area contributed by atoms with Crippen LogP contribution in [0.2, 0.25) is 0 Å². The summed E-state index contributed by atoms with van der Waals surface area (Å²) in [5.41, 5.74) is 4.36. The van der Waals surface area contributed by atoms with E-state index in [1.54, 1.807) is 0 Å². The van der Waals surface area contributed by atoms with Crippen molar-refractivity contribution in [1.82, 2.24) is 0 Å². The average Bonchev–Trinajstić information content (AvgIpc) is 2.91. The summed E-state index contributed by atoms with van der Waals surface area (Å²) < 4.78 is 134. The fourth-order valence-corrected chi connectivity index (χ4v) is 6.89. The number of nitrogen functional groups attached to an aromatic ring is 1. The van der Waals surface area contributed by atoms with Crippen LogP contribution in [0.5, 0.6) is 0 Å². The standard InChI is InChI=1S/C25H21N3O14S4/c1-12-2-3-13(8-19(12)27-25(30)18-5-4-15(26)9-21(18)45(37,38)39)24(29)28-20-10-16(43(31,32)33)6-14-7-17(44(34,35)36)11-22(23(14)20)46(40,41)42/h2-11H,26H2,1H3,(H,27,30)(H,28,29)(H,31,32,33)(H,34,35,36)(H,37,38,39)(H,40,41,42). The summed E-state index contributed by atoms with van der Waals surface area (Å²) in [6.07, 6.45) is 0. The third kappa shape index (κ3) is 7.32. The molecule has 0 saturated heterocycles. The summed E-state index contributed by atoms with van der Waals surface area (Å²) in [5, 5.41) is 3.42. The van der Waals surface area contributed by atoms with Crippen molar-refractivity contribution >= 4 is 80.1 Å². The second kappa shape index (κ2) is 11.7. The molecular weight excluding hydrogens is 695 g/mol. The molecule has 4 aromatic rings. The first kappa shape index (κ1) is 34.4. The Labute approximate surface area is 261 Å². The molecule has 0 bridgehead atoms. The quantitative estimate of drug-likeness (QED) is 0.102. The Balaban J connectivity index is 1.83. The third-order valence-corrected chi connectivity index (χ3v) is 9.79. The number of benzene rings is 4. The molecule has 0 unspecified atom stereocenters. The van der Waals surface area contributed by atoms with E-state index in [1.807, 2.05) is 0 Å². The van der Waals surface area contributed by atoms with Gasteiger partial charge in [0.25, 0.3) is 52.3 Å². The second-order valence-electron chi connectivity index (χ2n) is 9.58. The summed E-state index contributed by atoms with van der Waals surface area (Å²) in [5.74, 6) is -2.12. The van der Waals surface area contributed by atoms with Gasteiger partial charge < -0.3 is 16.4 Å². The van der Waals surface area contributed by atoms with E-state index in [0.717, 1.165) is 18.2 Å². The van der Waals surface area contributed by atoms with Gasteiger partial charge in [-0.3, -0.25) is 27.8 Å². The van der Waals surface area contributed by atoms with E-state index in [0.29, 0.717) is 29.8 Å². The molecule has 0 radical (unpaired) electrons. The highest BCUT2D eigenvalue weighted by Crippen LogP contribution is 2.36. The zero-order valence-corrected chi connectivity index (χ0v) is 26.1. The van der Waals surface area contributed by atoms with E-state index in [-0.39, 0.29) is 16.9 Å². The van der Waals surface area contributed by atoms with E-state index in [9.17, 15) is 61.5 Å². The van der Waals surface area contributed by atoms with Crippen LogP contribution in [0.1, 0.15) is 26.3 Å². The highest BCUT2D eigenvalue weighted by atomic mass is 32.2. The number of hydrogen-bond donors (Lipinski definition) is 7. The molecule has 244 valence electrons. The molecule has 0 heterocycles. The van der Waals surface area contributed by atoms with E-state index in [1.165, 1.54) is 25.1 Å². The zero-order chi connectivity index (χ0) is 34.6. The van der Waals surface area contributed by atoms with Gasteiger partial charge in [-0.2, -0.15) is 33.7 Å². The first-order valence-corrected chi connectivity index (χ1v) is 17.9. The second-order valence-corrected chi connectivity index (χ2v) is 15.2. The molecule has 2 amide bonds. The number of anilines is 3. The molecule has 4 aromatic carbocycles. The van der Waals surface area contributed by atoms with Crippen molar-refractivity contribution < 1.29 is 61.5 Å². The number of fused-ring (bicyclic) bond motifs is 1. The Hall–Kier alpha value is -4.48. The topological polar surface area (TPSA) is 302 Å². The van der Waals surface area contributed by atoms with Gasteiger partial charge in [0.2, 0.25) is 0 Å². The molecule has 0 aliphatic heterocycles. The monoisotopic (exact) mass is 715 g/mol. The van der Waals surface area contributed by atoms with Crippen molar-refractivity contribution in [3.63, 3.8) is 0 Å². The van der Waals surface area contributed by atoms with Crippen LogP contribution in [0.15, 0.2) is 80.2 Å². The summed E-state index contributed by atoms with van der Waals surface area (Å²) >= 11 is 0. The predicted molar refractivity (Wildman–Crippen MR) is 161 cm³/mol. The Morgan fingerprint density at radius 1 is 0.609 bits per heavy atom. The van der Waals surface area contributed by atoms with Gasteiger partial charge in [-0.25, -0.2) is 0 Å². The molecule has 0 saturated carbocycles. The van der Waals surface area contributed by atoms with Crippen LogP contribution < -0.4 is 16.4 Å². The molecule has 0 spiro atoms. The lowest BCUT2D eigenvalue weighted by atomic mass is 10.1. The highest BCUT2D eigenvalue weighted by molar-refractivity contribution is 7.87. The smallest absolute Gasteiger partial charge is 0.295 e. The van der Waals surface area contributed by atoms with Crippen molar-refractivity contribution in [3.05, 3.63) is 77.4 Å². The molecule has 0 aliphatic rings. The van der Waals surface area contributed by atoms with Crippen LogP contribution >= 0.6 is 0 Å². The Bertz CT molecular complexity index is 2420. The van der Waals surface area contributed by atoms with Gasteiger partial charge in [-0.15, -0.1) is 0 Å². The Morgan fingerprint density at radius 3 is 1.70 bits per heavy atom. The number of nitrogens with two attached hydrogens (primary N) is 1. The molecule has 8 N–H and O–H groups in total. The maximum absolute atomic E-state index is 13.3. The van der Waals surface area contributed by atoms with E-state index < -0.39 is 93.9 Å². The summed E-state index contributed by atoms with van der Waals surface area (Å²) in [6, 6.07) is 8.97. The number of aryl methyl sites for hydroxylation is 1. The molecule has 17 nitrogen and oxygen atoms in total. The van der Waals surface area contributed by atoms with E-state index >= 15 is 0 Å². The predicted octanol–water partition coefficient (Wildman–Crippen LogP) is 2.22. The number of rotatable bonds is 8. The van der Waals surface area contributed by atoms with Gasteiger partial charge >= 0.3 is 0 Å². The summed E-state index contributed by atoms with van der Waals surface area (Å²) in [7, 11) is -20.4. The van der Waals surface area contributed by atoms with Crippen molar-refractivity contribution in [2.24, 2.45) is 0 Å².